The van der Waals surface area contributed by atoms with Crippen LogP contribution in [0.1, 0.15) is 45.6 Å². The second-order valence-corrected chi connectivity index (χ2v) is 5.31. The van der Waals surface area contributed by atoms with Gasteiger partial charge in [-0.3, -0.25) is 4.90 Å². The van der Waals surface area contributed by atoms with E-state index >= 15 is 0 Å². The first-order valence-corrected chi connectivity index (χ1v) is 7.54. The average Bonchev–Trinajstić information content (AvgIpc) is 2.87. The zero-order valence-electron chi connectivity index (χ0n) is 13.0. The molecule has 0 aliphatic rings. The third-order valence-corrected chi connectivity index (χ3v) is 4.14. The first-order valence-electron chi connectivity index (χ1n) is 7.54. The molecule has 1 heterocycles. The minimum atomic E-state index is 0.260. The first-order chi connectivity index (χ1) is 9.63. The summed E-state index contributed by atoms with van der Waals surface area (Å²) in [5.41, 5.74) is 8.14. The van der Waals surface area contributed by atoms with Crippen molar-refractivity contribution in [1.82, 2.24) is 14.5 Å². The van der Waals surface area contributed by atoms with Crippen molar-refractivity contribution in [2.45, 2.75) is 39.8 Å². The van der Waals surface area contributed by atoms with E-state index in [2.05, 4.69) is 55.4 Å². The van der Waals surface area contributed by atoms with E-state index < -0.39 is 0 Å². The van der Waals surface area contributed by atoms with Gasteiger partial charge in [0, 0.05) is 12.6 Å². The molecule has 0 amide bonds. The maximum Gasteiger partial charge on any atom is 0.127 e. The molecule has 0 bridgehead atoms. The van der Waals surface area contributed by atoms with Crippen molar-refractivity contribution in [2.24, 2.45) is 5.73 Å². The lowest BCUT2D eigenvalue weighted by atomic mass is 10.2. The SMILES string of the molecule is CCN(CC)C(C)c1nc2ccccc2n1C(C)CN. The topological polar surface area (TPSA) is 47.1 Å². The van der Waals surface area contributed by atoms with Crippen LogP contribution in [0.25, 0.3) is 11.0 Å². The van der Waals surface area contributed by atoms with Crippen molar-refractivity contribution in [1.29, 1.82) is 0 Å². The van der Waals surface area contributed by atoms with E-state index in [-0.39, 0.29) is 6.04 Å². The Labute approximate surface area is 121 Å². The molecular weight excluding hydrogens is 248 g/mol. The number of aromatic nitrogens is 2. The van der Waals surface area contributed by atoms with Crippen LogP contribution in [0.5, 0.6) is 0 Å². The number of benzene rings is 1. The zero-order valence-corrected chi connectivity index (χ0v) is 13.0. The Morgan fingerprint density at radius 2 is 1.85 bits per heavy atom. The first kappa shape index (κ1) is 15.0. The van der Waals surface area contributed by atoms with Gasteiger partial charge < -0.3 is 10.3 Å². The fraction of sp³-hybridized carbons (Fsp3) is 0.562. The van der Waals surface area contributed by atoms with Crippen molar-refractivity contribution in [3.05, 3.63) is 30.1 Å². The Balaban J connectivity index is 2.56. The van der Waals surface area contributed by atoms with Crippen LogP contribution in [-0.2, 0) is 0 Å². The number of nitrogens with two attached hydrogens (primary N) is 1. The smallest absolute Gasteiger partial charge is 0.127 e. The maximum absolute atomic E-state index is 5.90. The zero-order chi connectivity index (χ0) is 14.7. The number of fused-ring (bicyclic) bond motifs is 1. The van der Waals surface area contributed by atoms with Crippen molar-refractivity contribution in [3.8, 4) is 0 Å². The van der Waals surface area contributed by atoms with Crippen LogP contribution in [0.2, 0.25) is 0 Å². The van der Waals surface area contributed by atoms with Gasteiger partial charge in [0.15, 0.2) is 0 Å². The fourth-order valence-corrected chi connectivity index (χ4v) is 2.86. The molecule has 2 atom stereocenters. The van der Waals surface area contributed by atoms with Gasteiger partial charge in [0.25, 0.3) is 0 Å². The van der Waals surface area contributed by atoms with E-state index in [9.17, 15) is 0 Å². The van der Waals surface area contributed by atoms with Crippen LogP contribution in [0, 0.1) is 0 Å². The van der Waals surface area contributed by atoms with Gasteiger partial charge in [-0.05, 0) is 39.1 Å². The van der Waals surface area contributed by atoms with Crippen molar-refractivity contribution in [2.75, 3.05) is 19.6 Å². The van der Waals surface area contributed by atoms with Gasteiger partial charge in [0.05, 0.1) is 17.1 Å². The normalized spacial score (nSPS) is 14.9. The van der Waals surface area contributed by atoms with E-state index in [4.69, 9.17) is 10.7 Å². The molecule has 0 radical (unpaired) electrons. The number of rotatable bonds is 6. The molecule has 0 spiro atoms. The second-order valence-electron chi connectivity index (χ2n) is 5.31. The molecule has 0 fully saturated rings. The van der Waals surface area contributed by atoms with E-state index in [0.717, 1.165) is 24.4 Å². The maximum atomic E-state index is 5.90. The van der Waals surface area contributed by atoms with Gasteiger partial charge in [-0.15, -0.1) is 0 Å². The second kappa shape index (κ2) is 6.37. The van der Waals surface area contributed by atoms with Crippen LogP contribution >= 0.6 is 0 Å². The largest absolute Gasteiger partial charge is 0.328 e. The van der Waals surface area contributed by atoms with Crippen LogP contribution in [0.3, 0.4) is 0 Å². The molecule has 110 valence electrons. The highest BCUT2D eigenvalue weighted by atomic mass is 15.2. The van der Waals surface area contributed by atoms with Crippen LogP contribution in [0.4, 0.5) is 0 Å². The molecule has 2 unspecified atom stereocenters. The molecule has 1 aromatic heterocycles. The van der Waals surface area contributed by atoms with Crippen LogP contribution < -0.4 is 5.73 Å². The summed E-state index contributed by atoms with van der Waals surface area (Å²) in [5, 5.41) is 0. The van der Waals surface area contributed by atoms with Gasteiger partial charge in [0.2, 0.25) is 0 Å². The molecule has 4 heteroatoms. The summed E-state index contributed by atoms with van der Waals surface area (Å²) in [5.74, 6) is 1.12. The summed E-state index contributed by atoms with van der Waals surface area (Å²) in [7, 11) is 0. The summed E-state index contributed by atoms with van der Waals surface area (Å²) in [6.07, 6.45) is 0. The lowest BCUT2D eigenvalue weighted by molar-refractivity contribution is 0.219. The molecule has 4 nitrogen and oxygen atoms in total. The minimum absolute atomic E-state index is 0.260. The highest BCUT2D eigenvalue weighted by Gasteiger charge is 2.22. The van der Waals surface area contributed by atoms with E-state index in [0.29, 0.717) is 12.6 Å². The summed E-state index contributed by atoms with van der Waals surface area (Å²) in [4.78, 5) is 7.28. The van der Waals surface area contributed by atoms with E-state index in [1.165, 1.54) is 5.52 Å². The third-order valence-electron chi connectivity index (χ3n) is 4.14. The lowest BCUT2D eigenvalue weighted by Gasteiger charge is -2.28. The van der Waals surface area contributed by atoms with Gasteiger partial charge in [-0.2, -0.15) is 0 Å². The molecule has 2 rings (SSSR count). The van der Waals surface area contributed by atoms with Crippen molar-refractivity contribution in [3.63, 3.8) is 0 Å². The Morgan fingerprint density at radius 3 is 2.45 bits per heavy atom. The Morgan fingerprint density at radius 1 is 1.20 bits per heavy atom. The van der Waals surface area contributed by atoms with Crippen molar-refractivity contribution >= 4 is 11.0 Å². The van der Waals surface area contributed by atoms with Crippen LogP contribution in [-0.4, -0.2) is 34.1 Å². The number of nitrogens with zero attached hydrogens (tertiary/aromatic N) is 3. The molecule has 2 aromatic rings. The quantitative estimate of drug-likeness (QED) is 0.881. The number of hydrogen-bond acceptors (Lipinski definition) is 3. The van der Waals surface area contributed by atoms with Gasteiger partial charge in [-0.25, -0.2) is 4.98 Å². The van der Waals surface area contributed by atoms with Crippen LogP contribution in [0.15, 0.2) is 24.3 Å². The molecular formula is C16H26N4. The van der Waals surface area contributed by atoms with E-state index in [1.54, 1.807) is 0 Å². The van der Waals surface area contributed by atoms with Gasteiger partial charge in [0.1, 0.15) is 5.82 Å². The molecule has 0 aliphatic carbocycles. The molecule has 0 saturated carbocycles. The Bertz CT molecular complexity index is 557. The van der Waals surface area contributed by atoms with Gasteiger partial charge >= 0.3 is 0 Å². The molecule has 0 aliphatic heterocycles. The predicted octanol–water partition coefficient (Wildman–Crippen LogP) is 2.96. The predicted molar refractivity (Wildman–Crippen MR) is 84.8 cm³/mol. The standard InChI is InChI=1S/C16H26N4/c1-5-19(6-2)13(4)16-18-14-9-7-8-10-15(14)20(16)12(3)11-17/h7-10,12-13H,5-6,11,17H2,1-4H3. The number of hydrogen-bond donors (Lipinski definition) is 1. The fourth-order valence-electron chi connectivity index (χ4n) is 2.86. The molecule has 0 saturated heterocycles. The highest BCUT2D eigenvalue weighted by Crippen LogP contribution is 2.27. The Kier molecular flexibility index (Phi) is 4.78. The summed E-state index contributed by atoms with van der Waals surface area (Å²) in [6.45, 7) is 11.5. The molecule has 2 N–H and O–H groups in total. The number of para-hydroxylation sites is 2. The summed E-state index contributed by atoms with van der Waals surface area (Å²) >= 11 is 0. The van der Waals surface area contributed by atoms with Crippen molar-refractivity contribution < 1.29 is 0 Å². The average molecular weight is 274 g/mol. The third kappa shape index (κ3) is 2.58. The van der Waals surface area contributed by atoms with Gasteiger partial charge in [-0.1, -0.05) is 26.0 Å². The monoisotopic (exact) mass is 274 g/mol. The molecule has 1 aromatic carbocycles. The Hall–Kier alpha value is -1.39. The molecule has 20 heavy (non-hydrogen) atoms. The minimum Gasteiger partial charge on any atom is -0.328 e. The highest BCUT2D eigenvalue weighted by molar-refractivity contribution is 5.76. The summed E-state index contributed by atoms with van der Waals surface area (Å²) < 4.78 is 2.30. The number of imidazole rings is 1. The van der Waals surface area contributed by atoms with E-state index in [1.807, 2.05) is 6.07 Å². The lowest BCUT2D eigenvalue weighted by Crippen LogP contribution is -2.30. The summed E-state index contributed by atoms with van der Waals surface area (Å²) in [6, 6.07) is 8.87.